The molecule has 0 radical (unpaired) electrons. The molecule has 0 atom stereocenters. The zero-order valence-electron chi connectivity index (χ0n) is 9.49. The van der Waals surface area contributed by atoms with Crippen LogP contribution in [0.4, 0.5) is 26.3 Å². The second-order valence-electron chi connectivity index (χ2n) is 3.91. The molecule has 0 heterocycles. The maximum absolute atomic E-state index is 12.5. The summed E-state index contributed by atoms with van der Waals surface area (Å²) in [5, 5.41) is 0. The molecule has 102 valence electrons. The molecule has 0 aliphatic heterocycles. The molecule has 0 saturated heterocycles. The zero-order valence-corrected chi connectivity index (χ0v) is 9.49. The van der Waals surface area contributed by atoms with Crippen molar-refractivity contribution < 1.29 is 31.1 Å². The van der Waals surface area contributed by atoms with Crippen LogP contribution in [-0.4, -0.2) is 6.10 Å². The maximum atomic E-state index is 12.5. The molecule has 7 heteroatoms. The van der Waals surface area contributed by atoms with E-state index in [4.69, 9.17) is 4.74 Å². The Morgan fingerprint density at radius 1 is 0.833 bits per heavy atom. The maximum Gasteiger partial charge on any atom is 0.416 e. The molecule has 1 aromatic carbocycles. The molecule has 0 bridgehead atoms. The first-order valence-electron chi connectivity index (χ1n) is 4.96. The van der Waals surface area contributed by atoms with Crippen LogP contribution in [0.25, 0.3) is 0 Å². The van der Waals surface area contributed by atoms with Crippen molar-refractivity contribution in [1.82, 2.24) is 0 Å². The molecule has 1 nitrogen and oxygen atoms in total. The fourth-order valence-electron chi connectivity index (χ4n) is 1.27. The smallest absolute Gasteiger partial charge is 0.416 e. The molecular weight excluding hydrogens is 262 g/mol. The lowest BCUT2D eigenvalue weighted by Gasteiger charge is -2.16. The van der Waals surface area contributed by atoms with Crippen LogP contribution in [-0.2, 0) is 12.4 Å². The number of benzene rings is 1. The summed E-state index contributed by atoms with van der Waals surface area (Å²) in [4.78, 5) is 0. The average molecular weight is 272 g/mol. The molecule has 0 aliphatic rings. The van der Waals surface area contributed by atoms with E-state index < -0.39 is 35.3 Å². The first-order chi connectivity index (χ1) is 8.00. The third-order valence-corrected chi connectivity index (χ3v) is 1.93. The fourth-order valence-corrected chi connectivity index (χ4v) is 1.27. The van der Waals surface area contributed by atoms with Crippen molar-refractivity contribution in [2.75, 3.05) is 0 Å². The van der Waals surface area contributed by atoms with E-state index in [-0.39, 0.29) is 6.07 Å². The second kappa shape index (κ2) is 4.70. The lowest BCUT2D eigenvalue weighted by atomic mass is 10.1. The van der Waals surface area contributed by atoms with Crippen molar-refractivity contribution in [1.29, 1.82) is 0 Å². The van der Waals surface area contributed by atoms with Gasteiger partial charge in [0.15, 0.2) is 0 Å². The van der Waals surface area contributed by atoms with Gasteiger partial charge in [0.2, 0.25) is 0 Å². The third-order valence-electron chi connectivity index (χ3n) is 1.93. The van der Waals surface area contributed by atoms with Crippen LogP contribution < -0.4 is 4.74 Å². The number of rotatable bonds is 2. The molecule has 0 unspecified atom stereocenters. The highest BCUT2D eigenvalue weighted by Gasteiger charge is 2.37. The van der Waals surface area contributed by atoms with Crippen LogP contribution in [0.15, 0.2) is 18.2 Å². The first kappa shape index (κ1) is 14.7. The normalized spacial score (nSPS) is 12.9. The van der Waals surface area contributed by atoms with Gasteiger partial charge in [-0.1, -0.05) is 0 Å². The van der Waals surface area contributed by atoms with Gasteiger partial charge in [-0.05, 0) is 32.0 Å². The lowest BCUT2D eigenvalue weighted by molar-refractivity contribution is -0.143. The Balaban J connectivity index is 3.29. The summed E-state index contributed by atoms with van der Waals surface area (Å²) in [7, 11) is 0. The minimum Gasteiger partial charge on any atom is -0.491 e. The van der Waals surface area contributed by atoms with Crippen molar-refractivity contribution in [3.05, 3.63) is 29.3 Å². The number of halogens is 6. The van der Waals surface area contributed by atoms with Crippen molar-refractivity contribution in [3.63, 3.8) is 0 Å². The topological polar surface area (TPSA) is 9.23 Å². The molecular formula is C11H10F6O. The van der Waals surface area contributed by atoms with Gasteiger partial charge >= 0.3 is 12.4 Å². The van der Waals surface area contributed by atoms with Crippen LogP contribution >= 0.6 is 0 Å². The Morgan fingerprint density at radius 2 is 1.22 bits per heavy atom. The predicted molar refractivity (Wildman–Crippen MR) is 52.2 cm³/mol. The van der Waals surface area contributed by atoms with E-state index in [1.165, 1.54) is 13.8 Å². The zero-order chi connectivity index (χ0) is 14.1. The highest BCUT2D eigenvalue weighted by atomic mass is 19.4. The average Bonchev–Trinajstić information content (AvgIpc) is 2.13. The van der Waals surface area contributed by atoms with E-state index in [0.29, 0.717) is 12.1 Å². The quantitative estimate of drug-likeness (QED) is 0.720. The highest BCUT2D eigenvalue weighted by Crippen LogP contribution is 2.38. The Labute approximate surface area is 99.4 Å². The summed E-state index contributed by atoms with van der Waals surface area (Å²) in [5.41, 5.74) is -2.76. The van der Waals surface area contributed by atoms with Gasteiger partial charge in [0.25, 0.3) is 0 Å². The summed E-state index contributed by atoms with van der Waals surface area (Å²) in [6, 6.07) is 1.16. The standard InChI is InChI=1S/C11H10F6O/c1-6(2)18-9-4-7(10(12,13)14)3-8(5-9)11(15,16)17/h3-6H,1-2H3. The van der Waals surface area contributed by atoms with E-state index in [9.17, 15) is 26.3 Å². The molecule has 0 N–H and O–H groups in total. The van der Waals surface area contributed by atoms with Crippen LogP contribution in [0.2, 0.25) is 0 Å². The van der Waals surface area contributed by atoms with Crippen LogP contribution in [0.5, 0.6) is 5.75 Å². The van der Waals surface area contributed by atoms with Crippen molar-refractivity contribution in [3.8, 4) is 5.75 Å². The number of hydrogen-bond donors (Lipinski definition) is 0. The van der Waals surface area contributed by atoms with Gasteiger partial charge in [0.05, 0.1) is 17.2 Å². The Kier molecular flexibility index (Phi) is 3.83. The summed E-state index contributed by atoms with van der Waals surface area (Å²) in [5.74, 6) is -0.452. The van der Waals surface area contributed by atoms with E-state index in [1.807, 2.05) is 0 Å². The summed E-state index contributed by atoms with van der Waals surface area (Å²) in [6.07, 6.45) is -10.2. The van der Waals surface area contributed by atoms with Gasteiger partial charge in [-0.2, -0.15) is 26.3 Å². The Morgan fingerprint density at radius 3 is 1.50 bits per heavy atom. The first-order valence-corrected chi connectivity index (χ1v) is 4.96. The van der Waals surface area contributed by atoms with Crippen molar-refractivity contribution in [2.45, 2.75) is 32.3 Å². The van der Waals surface area contributed by atoms with E-state index in [2.05, 4.69) is 0 Å². The van der Waals surface area contributed by atoms with Gasteiger partial charge in [-0.25, -0.2) is 0 Å². The van der Waals surface area contributed by atoms with Crippen LogP contribution in [0.1, 0.15) is 25.0 Å². The molecule has 1 rings (SSSR count). The van der Waals surface area contributed by atoms with Gasteiger partial charge < -0.3 is 4.74 Å². The highest BCUT2D eigenvalue weighted by molar-refractivity contribution is 5.37. The van der Waals surface area contributed by atoms with Gasteiger partial charge in [0, 0.05) is 0 Å². The van der Waals surface area contributed by atoms with Crippen LogP contribution in [0.3, 0.4) is 0 Å². The summed E-state index contributed by atoms with van der Waals surface area (Å²) in [6.45, 7) is 3.01. The molecule has 0 fully saturated rings. The van der Waals surface area contributed by atoms with E-state index in [1.54, 1.807) is 0 Å². The fraction of sp³-hybridized carbons (Fsp3) is 0.455. The van der Waals surface area contributed by atoms with Gasteiger partial charge in [-0.15, -0.1) is 0 Å². The van der Waals surface area contributed by atoms with E-state index >= 15 is 0 Å². The minimum absolute atomic E-state index is 0.0627. The lowest BCUT2D eigenvalue weighted by Crippen LogP contribution is -2.13. The van der Waals surface area contributed by atoms with E-state index in [0.717, 1.165) is 0 Å². The molecule has 0 spiro atoms. The number of hydrogen-bond acceptors (Lipinski definition) is 1. The molecule has 0 amide bonds. The van der Waals surface area contributed by atoms with Gasteiger partial charge in [0.1, 0.15) is 5.75 Å². The summed E-state index contributed by atoms with van der Waals surface area (Å²) >= 11 is 0. The molecule has 18 heavy (non-hydrogen) atoms. The predicted octanol–water partition coefficient (Wildman–Crippen LogP) is 4.51. The second-order valence-corrected chi connectivity index (χ2v) is 3.91. The largest absolute Gasteiger partial charge is 0.491 e. The minimum atomic E-state index is -4.85. The molecule has 0 aromatic heterocycles. The third kappa shape index (κ3) is 3.82. The summed E-state index contributed by atoms with van der Waals surface area (Å²) < 4.78 is 79.6. The van der Waals surface area contributed by atoms with Gasteiger partial charge in [-0.3, -0.25) is 0 Å². The SMILES string of the molecule is CC(C)Oc1cc(C(F)(F)F)cc(C(F)(F)F)c1. The number of ether oxygens (including phenoxy) is 1. The monoisotopic (exact) mass is 272 g/mol. The van der Waals surface area contributed by atoms with Crippen molar-refractivity contribution in [2.24, 2.45) is 0 Å². The molecule has 1 aromatic rings. The molecule has 0 saturated carbocycles. The van der Waals surface area contributed by atoms with Crippen LogP contribution in [0, 0.1) is 0 Å². The Bertz CT molecular complexity index is 386. The van der Waals surface area contributed by atoms with Crippen molar-refractivity contribution >= 4 is 0 Å². The number of alkyl halides is 6. The Hall–Kier alpha value is -1.40. The molecule has 0 aliphatic carbocycles.